The predicted molar refractivity (Wildman–Crippen MR) is 96.7 cm³/mol. The van der Waals surface area contributed by atoms with E-state index in [4.69, 9.17) is 0 Å². The number of hydrogen-bond acceptors (Lipinski definition) is 2. The highest BCUT2D eigenvalue weighted by Crippen LogP contribution is 2.20. The maximum atomic E-state index is 12.9. The van der Waals surface area contributed by atoms with E-state index in [1.165, 1.54) is 11.1 Å². The summed E-state index contributed by atoms with van der Waals surface area (Å²) in [6.07, 6.45) is 0. The Bertz CT molecular complexity index is 1130. The molecule has 4 nitrogen and oxygen atoms in total. The lowest BCUT2D eigenvalue weighted by atomic mass is 10.1. The molecular formula is C20H19N3O. The van der Waals surface area contributed by atoms with Crippen molar-refractivity contribution in [2.24, 2.45) is 0 Å². The summed E-state index contributed by atoms with van der Waals surface area (Å²) in [6, 6.07) is 16.4. The molecule has 4 rings (SSSR count). The largest absolute Gasteiger partial charge is 0.291 e. The van der Waals surface area contributed by atoms with Crippen LogP contribution in [-0.4, -0.2) is 14.2 Å². The molecule has 0 amide bonds. The Balaban J connectivity index is 1.94. The molecular weight excluding hydrogens is 298 g/mol. The zero-order chi connectivity index (χ0) is 16.8. The molecule has 24 heavy (non-hydrogen) atoms. The number of aryl methyl sites for hydroxylation is 3. The second-order valence-electron chi connectivity index (χ2n) is 6.43. The van der Waals surface area contributed by atoms with Crippen molar-refractivity contribution in [1.29, 1.82) is 0 Å². The number of rotatable bonds is 2. The molecule has 0 N–H and O–H groups in total. The van der Waals surface area contributed by atoms with Crippen molar-refractivity contribution in [1.82, 2.24) is 14.2 Å². The zero-order valence-corrected chi connectivity index (χ0v) is 14.1. The lowest BCUT2D eigenvalue weighted by molar-refractivity contribution is 0.615. The fourth-order valence-electron chi connectivity index (χ4n) is 3.33. The molecule has 0 fully saturated rings. The molecule has 4 heteroatoms. The highest BCUT2D eigenvalue weighted by atomic mass is 16.1. The van der Waals surface area contributed by atoms with Crippen LogP contribution >= 0.6 is 0 Å². The summed E-state index contributed by atoms with van der Waals surface area (Å²) in [5.41, 5.74) is 5.10. The van der Waals surface area contributed by atoms with Crippen LogP contribution in [0.4, 0.5) is 0 Å². The van der Waals surface area contributed by atoms with Gasteiger partial charge >= 0.3 is 0 Å². The quantitative estimate of drug-likeness (QED) is 0.566. The number of benzene rings is 2. The van der Waals surface area contributed by atoms with Gasteiger partial charge in [-0.15, -0.1) is 0 Å². The first-order valence-electron chi connectivity index (χ1n) is 8.08. The van der Waals surface area contributed by atoms with Gasteiger partial charge in [0, 0.05) is 5.39 Å². The van der Waals surface area contributed by atoms with E-state index in [-0.39, 0.29) is 5.56 Å². The van der Waals surface area contributed by atoms with E-state index in [9.17, 15) is 4.79 Å². The van der Waals surface area contributed by atoms with Crippen molar-refractivity contribution in [3.05, 3.63) is 81.4 Å². The maximum Gasteiger partial charge on any atom is 0.291 e. The summed E-state index contributed by atoms with van der Waals surface area (Å²) in [4.78, 5) is 12.9. The molecule has 0 saturated heterocycles. The van der Waals surface area contributed by atoms with E-state index >= 15 is 0 Å². The molecule has 120 valence electrons. The minimum absolute atomic E-state index is 0.0593. The Morgan fingerprint density at radius 2 is 1.71 bits per heavy atom. The first-order valence-corrected chi connectivity index (χ1v) is 8.08. The van der Waals surface area contributed by atoms with Gasteiger partial charge in [-0.1, -0.05) is 41.5 Å². The lowest BCUT2D eigenvalue weighted by Gasteiger charge is -2.09. The van der Waals surface area contributed by atoms with E-state index in [1.807, 2.05) is 29.5 Å². The highest BCUT2D eigenvalue weighted by Gasteiger charge is 2.12. The van der Waals surface area contributed by atoms with Crippen LogP contribution in [0.2, 0.25) is 0 Å². The van der Waals surface area contributed by atoms with Crippen molar-refractivity contribution < 1.29 is 0 Å². The summed E-state index contributed by atoms with van der Waals surface area (Å²) in [6.45, 7) is 6.54. The molecule has 2 heterocycles. The van der Waals surface area contributed by atoms with Gasteiger partial charge in [-0.3, -0.25) is 9.20 Å². The number of hydrogen-bond donors (Lipinski definition) is 0. The van der Waals surface area contributed by atoms with Crippen molar-refractivity contribution in [2.75, 3.05) is 0 Å². The number of fused-ring (bicyclic) bond motifs is 3. The molecule has 4 aromatic rings. The van der Waals surface area contributed by atoms with Crippen molar-refractivity contribution in [3.63, 3.8) is 0 Å². The zero-order valence-electron chi connectivity index (χ0n) is 14.1. The number of aromatic nitrogens is 3. The van der Waals surface area contributed by atoms with Crippen molar-refractivity contribution in [2.45, 2.75) is 27.3 Å². The third-order valence-corrected chi connectivity index (χ3v) is 4.41. The minimum atomic E-state index is -0.0593. The summed E-state index contributed by atoms with van der Waals surface area (Å²) in [7, 11) is 0. The third-order valence-electron chi connectivity index (χ3n) is 4.41. The molecule has 0 aliphatic carbocycles. The number of nitrogens with zero attached hydrogens (tertiary/aromatic N) is 3. The minimum Gasteiger partial charge on any atom is -0.291 e. The Morgan fingerprint density at radius 3 is 2.50 bits per heavy atom. The standard InChI is InChI=1S/C20H19N3O/c1-13-5-4-6-16(9-13)12-22-20(24)19-11-17-10-14(2)7-8-18(17)23(19)15(3)21-22/h4-11H,12H2,1-3H3. The molecule has 0 unspecified atom stereocenters. The molecule has 0 aliphatic rings. The van der Waals surface area contributed by atoms with Crippen LogP contribution in [0.3, 0.4) is 0 Å². The van der Waals surface area contributed by atoms with Gasteiger partial charge in [-0.25, -0.2) is 4.68 Å². The van der Waals surface area contributed by atoms with Crippen LogP contribution in [0.25, 0.3) is 16.4 Å². The van der Waals surface area contributed by atoms with Crippen LogP contribution in [-0.2, 0) is 6.54 Å². The second kappa shape index (κ2) is 5.34. The topological polar surface area (TPSA) is 39.3 Å². The fourth-order valence-corrected chi connectivity index (χ4v) is 3.33. The smallest absolute Gasteiger partial charge is 0.291 e. The van der Waals surface area contributed by atoms with Crippen molar-refractivity contribution >= 4 is 16.4 Å². The van der Waals surface area contributed by atoms with E-state index in [0.29, 0.717) is 12.1 Å². The first kappa shape index (κ1) is 14.7. The average Bonchev–Trinajstić information content (AvgIpc) is 2.91. The van der Waals surface area contributed by atoms with E-state index in [2.05, 4.69) is 49.3 Å². The molecule has 0 bridgehead atoms. The van der Waals surface area contributed by atoms with Gasteiger partial charge in [0.15, 0.2) is 0 Å². The van der Waals surface area contributed by atoms with Crippen LogP contribution in [0, 0.1) is 20.8 Å². The molecule has 2 aromatic heterocycles. The summed E-state index contributed by atoms with van der Waals surface area (Å²) in [5, 5.41) is 5.61. The maximum absolute atomic E-state index is 12.9. The Kier molecular flexibility index (Phi) is 3.27. The van der Waals surface area contributed by atoms with Crippen LogP contribution in [0.1, 0.15) is 22.5 Å². The van der Waals surface area contributed by atoms with Crippen LogP contribution in [0.5, 0.6) is 0 Å². The van der Waals surface area contributed by atoms with Crippen molar-refractivity contribution in [3.8, 4) is 0 Å². The normalized spacial score (nSPS) is 11.5. The second-order valence-corrected chi connectivity index (χ2v) is 6.43. The monoisotopic (exact) mass is 317 g/mol. The van der Waals surface area contributed by atoms with Gasteiger partial charge in [0.2, 0.25) is 0 Å². The predicted octanol–water partition coefficient (Wildman–Crippen LogP) is 3.62. The van der Waals surface area contributed by atoms with E-state index < -0.39 is 0 Å². The van der Waals surface area contributed by atoms with Gasteiger partial charge in [0.1, 0.15) is 11.3 Å². The van der Waals surface area contributed by atoms with Gasteiger partial charge in [0.25, 0.3) is 5.56 Å². The Hall–Kier alpha value is -2.88. The Labute approximate surface area is 140 Å². The van der Waals surface area contributed by atoms with Crippen LogP contribution in [0.15, 0.2) is 53.3 Å². The molecule has 2 aromatic carbocycles. The molecule has 0 aliphatic heterocycles. The first-order chi connectivity index (χ1) is 11.5. The summed E-state index contributed by atoms with van der Waals surface area (Å²) in [5.74, 6) is 0.816. The van der Waals surface area contributed by atoms with E-state index in [1.54, 1.807) is 4.68 Å². The summed E-state index contributed by atoms with van der Waals surface area (Å²) >= 11 is 0. The van der Waals surface area contributed by atoms with Gasteiger partial charge < -0.3 is 0 Å². The molecule has 0 spiro atoms. The SMILES string of the molecule is Cc1cccc(Cn2nc(C)n3c(cc4cc(C)ccc43)c2=O)c1. The lowest BCUT2D eigenvalue weighted by Crippen LogP contribution is -2.26. The molecule has 0 saturated carbocycles. The van der Waals surface area contributed by atoms with Gasteiger partial charge in [-0.05, 0) is 44.5 Å². The van der Waals surface area contributed by atoms with E-state index in [0.717, 1.165) is 22.3 Å². The Morgan fingerprint density at radius 1 is 0.917 bits per heavy atom. The van der Waals surface area contributed by atoms with Gasteiger partial charge in [-0.2, -0.15) is 5.10 Å². The molecule has 0 radical (unpaired) electrons. The summed E-state index contributed by atoms with van der Waals surface area (Å²) < 4.78 is 3.51. The molecule has 0 atom stereocenters. The highest BCUT2D eigenvalue weighted by molar-refractivity contribution is 5.87. The van der Waals surface area contributed by atoms with Gasteiger partial charge in [0.05, 0.1) is 12.1 Å². The third kappa shape index (κ3) is 2.31. The van der Waals surface area contributed by atoms with Crippen LogP contribution < -0.4 is 5.56 Å². The average molecular weight is 317 g/mol. The fraction of sp³-hybridized carbons (Fsp3) is 0.200.